The van der Waals surface area contributed by atoms with E-state index in [9.17, 15) is 14.4 Å². The third-order valence-corrected chi connectivity index (χ3v) is 6.55. The minimum atomic E-state index is -0.794. The number of nitrogens with one attached hydrogen (secondary N) is 1. The van der Waals surface area contributed by atoms with Crippen LogP contribution in [-0.4, -0.2) is 40.9 Å². The van der Waals surface area contributed by atoms with Crippen molar-refractivity contribution < 1.29 is 14.4 Å². The summed E-state index contributed by atoms with van der Waals surface area (Å²) in [6.07, 6.45) is 5.13. The Morgan fingerprint density at radius 1 is 1.22 bits per heavy atom. The Balaban J connectivity index is 1.49. The predicted octanol–water partition coefficient (Wildman–Crippen LogP) is 2.86. The van der Waals surface area contributed by atoms with Crippen LogP contribution < -0.4 is 10.2 Å². The molecule has 1 aromatic rings. The highest BCUT2D eigenvalue weighted by Crippen LogP contribution is 2.38. The van der Waals surface area contributed by atoms with Crippen LogP contribution in [0.1, 0.15) is 51.5 Å². The quantitative estimate of drug-likeness (QED) is 0.833. The van der Waals surface area contributed by atoms with E-state index in [2.05, 4.69) is 12.2 Å². The summed E-state index contributed by atoms with van der Waals surface area (Å²) in [5.41, 5.74) is 1.22. The molecule has 27 heavy (non-hydrogen) atoms. The van der Waals surface area contributed by atoms with Gasteiger partial charge in [-0.15, -0.1) is 0 Å². The highest BCUT2D eigenvalue weighted by Gasteiger charge is 2.53. The summed E-state index contributed by atoms with van der Waals surface area (Å²) in [5.74, 6) is 0.198. The van der Waals surface area contributed by atoms with Crippen LogP contribution in [0.5, 0.6) is 0 Å². The number of nitrogens with zero attached hydrogens (tertiary/aromatic N) is 2. The topological polar surface area (TPSA) is 69.7 Å². The lowest BCUT2D eigenvalue weighted by Gasteiger charge is -2.34. The highest BCUT2D eigenvalue weighted by molar-refractivity contribution is 6.10. The van der Waals surface area contributed by atoms with E-state index in [-0.39, 0.29) is 24.4 Å². The molecule has 4 rings (SSSR count). The molecule has 4 amide bonds. The molecule has 6 heteroatoms. The number of hydrogen-bond acceptors (Lipinski definition) is 3. The van der Waals surface area contributed by atoms with Crippen molar-refractivity contribution in [3.8, 4) is 0 Å². The monoisotopic (exact) mass is 369 g/mol. The van der Waals surface area contributed by atoms with Gasteiger partial charge in [0.1, 0.15) is 12.1 Å². The molecular formula is C21H27N3O3. The van der Waals surface area contributed by atoms with Crippen LogP contribution in [0.25, 0.3) is 0 Å². The maximum atomic E-state index is 13.0. The van der Waals surface area contributed by atoms with Gasteiger partial charge in [-0.2, -0.15) is 0 Å². The number of amides is 4. The Bertz CT molecular complexity index is 783. The van der Waals surface area contributed by atoms with Gasteiger partial charge in [-0.05, 0) is 56.6 Å². The maximum Gasteiger partial charge on any atom is 0.325 e. The summed E-state index contributed by atoms with van der Waals surface area (Å²) >= 11 is 0. The molecule has 1 aromatic carbocycles. The molecule has 1 saturated carbocycles. The molecule has 1 spiro atoms. The summed E-state index contributed by atoms with van der Waals surface area (Å²) in [4.78, 5) is 41.4. The van der Waals surface area contributed by atoms with Gasteiger partial charge in [0.05, 0.1) is 0 Å². The minimum Gasteiger partial charge on any atom is -0.323 e. The Kier molecular flexibility index (Phi) is 4.44. The predicted molar refractivity (Wildman–Crippen MR) is 102 cm³/mol. The van der Waals surface area contributed by atoms with Crippen molar-refractivity contribution in [3.63, 3.8) is 0 Å². The Labute approximate surface area is 159 Å². The number of benzene rings is 1. The van der Waals surface area contributed by atoms with Crippen LogP contribution in [0.4, 0.5) is 10.5 Å². The molecule has 0 radical (unpaired) electrons. The van der Waals surface area contributed by atoms with E-state index in [1.807, 2.05) is 31.2 Å². The van der Waals surface area contributed by atoms with E-state index in [1.165, 1.54) is 0 Å². The average molecular weight is 369 g/mol. The molecule has 144 valence electrons. The van der Waals surface area contributed by atoms with E-state index in [1.54, 1.807) is 4.90 Å². The lowest BCUT2D eigenvalue weighted by atomic mass is 9.75. The molecule has 2 fully saturated rings. The van der Waals surface area contributed by atoms with E-state index in [4.69, 9.17) is 0 Å². The molecule has 3 aliphatic rings. The number of anilines is 1. The highest BCUT2D eigenvalue weighted by atomic mass is 16.2. The molecule has 1 saturated heterocycles. The van der Waals surface area contributed by atoms with Gasteiger partial charge < -0.3 is 10.2 Å². The van der Waals surface area contributed by atoms with E-state index in [0.29, 0.717) is 18.8 Å². The van der Waals surface area contributed by atoms with Gasteiger partial charge in [0.25, 0.3) is 5.91 Å². The smallest absolute Gasteiger partial charge is 0.323 e. The van der Waals surface area contributed by atoms with Crippen molar-refractivity contribution in [3.05, 3.63) is 29.8 Å². The average Bonchev–Trinajstić information content (AvgIpc) is 3.11. The van der Waals surface area contributed by atoms with Crippen LogP contribution >= 0.6 is 0 Å². The summed E-state index contributed by atoms with van der Waals surface area (Å²) in [5, 5.41) is 2.91. The van der Waals surface area contributed by atoms with Gasteiger partial charge in [0.2, 0.25) is 5.91 Å². The maximum absolute atomic E-state index is 13.0. The Morgan fingerprint density at radius 2 is 1.93 bits per heavy atom. The molecule has 1 atom stereocenters. The first kappa shape index (κ1) is 18.0. The van der Waals surface area contributed by atoms with E-state index in [0.717, 1.165) is 41.8 Å². The first-order valence-corrected chi connectivity index (χ1v) is 9.99. The fraction of sp³-hybridized carbons (Fsp3) is 0.571. The second kappa shape index (κ2) is 6.66. The number of carbonyl (C=O) groups is 3. The standard InChI is InChI=1S/C21H27N3O3/c1-3-15-8-10-21(11-9-15)19(26)23(20(27)22-21)13-18(25)24-14(2)12-16-6-4-5-7-17(16)24/h4-7,14-15H,3,8-13H2,1-2H3,(H,22,27)/t14-,15?,21?/m0/s1. The van der Waals surface area contributed by atoms with Gasteiger partial charge in [0.15, 0.2) is 0 Å². The summed E-state index contributed by atoms with van der Waals surface area (Å²) in [6, 6.07) is 7.43. The van der Waals surface area contributed by atoms with Crippen LogP contribution in [-0.2, 0) is 16.0 Å². The van der Waals surface area contributed by atoms with Gasteiger partial charge in [0, 0.05) is 11.7 Å². The zero-order chi connectivity index (χ0) is 19.2. The van der Waals surface area contributed by atoms with Gasteiger partial charge >= 0.3 is 6.03 Å². The molecule has 2 aliphatic heterocycles. The van der Waals surface area contributed by atoms with Gasteiger partial charge in [-0.25, -0.2) is 4.79 Å². The number of hydrogen-bond donors (Lipinski definition) is 1. The normalized spacial score (nSPS) is 30.0. The second-order valence-electron chi connectivity index (χ2n) is 8.20. The first-order chi connectivity index (χ1) is 12.9. The Morgan fingerprint density at radius 3 is 2.63 bits per heavy atom. The summed E-state index contributed by atoms with van der Waals surface area (Å²) in [6.45, 7) is 3.97. The van der Waals surface area contributed by atoms with Crippen molar-refractivity contribution in [1.82, 2.24) is 10.2 Å². The lowest BCUT2D eigenvalue weighted by Crippen LogP contribution is -2.50. The van der Waals surface area contributed by atoms with Gasteiger partial charge in [-0.3, -0.25) is 14.5 Å². The molecular weight excluding hydrogens is 342 g/mol. The number of para-hydroxylation sites is 1. The van der Waals surface area contributed by atoms with Gasteiger partial charge in [-0.1, -0.05) is 31.5 Å². The van der Waals surface area contributed by atoms with Crippen molar-refractivity contribution in [2.75, 3.05) is 11.4 Å². The fourth-order valence-electron chi connectivity index (χ4n) is 4.89. The molecule has 0 bridgehead atoms. The van der Waals surface area contributed by atoms with E-state index < -0.39 is 11.6 Å². The third-order valence-electron chi connectivity index (χ3n) is 6.55. The fourth-order valence-corrected chi connectivity index (χ4v) is 4.89. The first-order valence-electron chi connectivity index (χ1n) is 9.99. The number of urea groups is 1. The number of carbonyl (C=O) groups excluding carboxylic acids is 3. The zero-order valence-electron chi connectivity index (χ0n) is 16.0. The SMILES string of the molecule is CCC1CCC2(CC1)NC(=O)N(CC(=O)N1c3ccccc3C[C@@H]1C)C2=O. The van der Waals surface area contributed by atoms with Crippen LogP contribution in [0, 0.1) is 5.92 Å². The van der Waals surface area contributed by atoms with Crippen LogP contribution in [0.15, 0.2) is 24.3 Å². The second-order valence-corrected chi connectivity index (χ2v) is 8.20. The minimum absolute atomic E-state index is 0.0321. The molecule has 6 nitrogen and oxygen atoms in total. The number of imide groups is 1. The lowest BCUT2D eigenvalue weighted by molar-refractivity contribution is -0.135. The molecule has 0 aromatic heterocycles. The largest absolute Gasteiger partial charge is 0.325 e. The molecule has 1 N–H and O–H groups in total. The molecule has 0 unspecified atom stereocenters. The van der Waals surface area contributed by atoms with Crippen LogP contribution in [0.3, 0.4) is 0 Å². The molecule has 2 heterocycles. The summed E-state index contributed by atoms with van der Waals surface area (Å²) in [7, 11) is 0. The summed E-state index contributed by atoms with van der Waals surface area (Å²) < 4.78 is 0. The zero-order valence-corrected chi connectivity index (χ0v) is 16.0. The van der Waals surface area contributed by atoms with Crippen molar-refractivity contribution in [2.45, 2.75) is 64.0 Å². The van der Waals surface area contributed by atoms with Crippen molar-refractivity contribution >= 4 is 23.5 Å². The third kappa shape index (κ3) is 2.91. The van der Waals surface area contributed by atoms with Crippen molar-refractivity contribution in [1.29, 1.82) is 0 Å². The molecule has 1 aliphatic carbocycles. The van der Waals surface area contributed by atoms with Crippen molar-refractivity contribution in [2.24, 2.45) is 5.92 Å². The number of rotatable bonds is 3. The van der Waals surface area contributed by atoms with Crippen LogP contribution in [0.2, 0.25) is 0 Å². The Hall–Kier alpha value is -2.37. The van der Waals surface area contributed by atoms with E-state index >= 15 is 0 Å². The number of fused-ring (bicyclic) bond motifs is 1.